The summed E-state index contributed by atoms with van der Waals surface area (Å²) in [5.41, 5.74) is 2.47. The molecule has 0 fully saturated rings. The highest BCUT2D eigenvalue weighted by Crippen LogP contribution is 2.25. The molecule has 1 N–H and O–H groups in total. The number of sulfonamides is 1. The Morgan fingerprint density at radius 3 is 2.19 bits per heavy atom. The second-order valence-corrected chi connectivity index (χ2v) is 7.74. The normalized spacial score (nSPS) is 11.3. The lowest BCUT2D eigenvalue weighted by Gasteiger charge is -2.13. The zero-order chi connectivity index (χ0) is 19.6. The minimum Gasteiger partial charge on any atom is -0.421 e. The van der Waals surface area contributed by atoms with E-state index in [9.17, 15) is 12.8 Å². The number of nitrogens with one attached hydrogen (secondary N) is 1. The first kappa shape index (κ1) is 18.8. The number of ether oxygens (including phenoxy) is 1. The molecule has 6 nitrogen and oxygen atoms in total. The number of hydrogen-bond donors (Lipinski definition) is 1. The minimum atomic E-state index is -3.80. The maximum atomic E-state index is 13.6. The van der Waals surface area contributed by atoms with Crippen LogP contribution in [0.1, 0.15) is 16.7 Å². The van der Waals surface area contributed by atoms with Gasteiger partial charge in [-0.2, -0.15) is 0 Å². The molecule has 27 heavy (non-hydrogen) atoms. The number of para-hydroxylation sites is 1. The first-order valence-corrected chi connectivity index (χ1v) is 9.59. The first-order valence-electron chi connectivity index (χ1n) is 8.11. The van der Waals surface area contributed by atoms with Gasteiger partial charge in [0, 0.05) is 0 Å². The summed E-state index contributed by atoms with van der Waals surface area (Å²) >= 11 is 0. The lowest BCUT2D eigenvalue weighted by Crippen LogP contribution is -2.16. The van der Waals surface area contributed by atoms with E-state index >= 15 is 0 Å². The molecule has 2 aromatic carbocycles. The second kappa shape index (κ2) is 7.32. The summed E-state index contributed by atoms with van der Waals surface area (Å²) in [6.07, 6.45) is 2.53. The van der Waals surface area contributed by atoms with Gasteiger partial charge in [-0.3, -0.25) is 4.72 Å². The van der Waals surface area contributed by atoms with Gasteiger partial charge in [0.2, 0.25) is 0 Å². The fourth-order valence-corrected chi connectivity index (χ4v) is 4.33. The molecule has 1 aromatic heterocycles. The van der Waals surface area contributed by atoms with Crippen LogP contribution in [0.25, 0.3) is 0 Å². The third-order valence-corrected chi connectivity index (χ3v) is 5.48. The summed E-state index contributed by atoms with van der Waals surface area (Å²) < 4.78 is 46.8. The fourth-order valence-electron chi connectivity index (χ4n) is 2.84. The molecule has 140 valence electrons. The standard InChI is InChI=1S/C19H18FN3O3S/c1-12-8-13(2)18(14(3)9-12)27(24,25)23-15-10-21-19(22-11-15)26-17-7-5-4-6-16(17)20/h4-11,23H,1-3H3. The van der Waals surface area contributed by atoms with E-state index in [1.54, 1.807) is 19.9 Å². The van der Waals surface area contributed by atoms with Gasteiger partial charge in [0.05, 0.1) is 23.0 Å². The Kier molecular flexibility index (Phi) is 5.09. The predicted molar refractivity (Wildman–Crippen MR) is 100.0 cm³/mol. The van der Waals surface area contributed by atoms with Crippen LogP contribution in [0.5, 0.6) is 11.8 Å². The van der Waals surface area contributed by atoms with Gasteiger partial charge >= 0.3 is 6.01 Å². The molecule has 8 heteroatoms. The molecular weight excluding hydrogens is 369 g/mol. The van der Waals surface area contributed by atoms with Crippen molar-refractivity contribution in [3.05, 3.63) is 71.3 Å². The van der Waals surface area contributed by atoms with E-state index in [1.165, 1.54) is 30.6 Å². The molecule has 3 aromatic rings. The molecule has 0 saturated heterocycles. The Labute approximate surface area is 157 Å². The molecule has 0 radical (unpaired) electrons. The maximum Gasteiger partial charge on any atom is 0.322 e. The summed E-state index contributed by atoms with van der Waals surface area (Å²) in [4.78, 5) is 8.07. The van der Waals surface area contributed by atoms with Crippen LogP contribution in [-0.2, 0) is 10.0 Å². The second-order valence-electron chi connectivity index (χ2n) is 6.12. The highest BCUT2D eigenvalue weighted by molar-refractivity contribution is 7.92. The fraction of sp³-hybridized carbons (Fsp3) is 0.158. The van der Waals surface area contributed by atoms with Crippen LogP contribution in [0, 0.1) is 26.6 Å². The zero-order valence-corrected chi connectivity index (χ0v) is 15.8. The lowest BCUT2D eigenvalue weighted by molar-refractivity contribution is 0.411. The number of benzene rings is 2. The van der Waals surface area contributed by atoms with Crippen LogP contribution in [0.4, 0.5) is 10.1 Å². The van der Waals surface area contributed by atoms with Crippen molar-refractivity contribution in [3.63, 3.8) is 0 Å². The van der Waals surface area contributed by atoms with Gasteiger partial charge in [-0.05, 0) is 44.0 Å². The molecule has 0 unspecified atom stereocenters. The number of rotatable bonds is 5. The predicted octanol–water partition coefficient (Wildman–Crippen LogP) is 4.13. The summed E-state index contributed by atoms with van der Waals surface area (Å²) in [5, 5.41) is 0. The van der Waals surface area contributed by atoms with Crippen molar-refractivity contribution in [3.8, 4) is 11.8 Å². The van der Waals surface area contributed by atoms with Crippen molar-refractivity contribution < 1.29 is 17.5 Å². The van der Waals surface area contributed by atoms with Crippen LogP contribution in [0.2, 0.25) is 0 Å². The van der Waals surface area contributed by atoms with E-state index in [0.29, 0.717) is 11.1 Å². The smallest absolute Gasteiger partial charge is 0.322 e. The Morgan fingerprint density at radius 1 is 1.00 bits per heavy atom. The number of hydrogen-bond acceptors (Lipinski definition) is 5. The summed E-state index contributed by atoms with van der Waals surface area (Å²) in [6, 6.07) is 9.38. The molecule has 0 amide bonds. The van der Waals surface area contributed by atoms with Gasteiger partial charge in [0.15, 0.2) is 11.6 Å². The number of halogens is 1. The lowest BCUT2D eigenvalue weighted by atomic mass is 10.1. The van der Waals surface area contributed by atoms with Crippen LogP contribution < -0.4 is 9.46 Å². The molecule has 0 spiro atoms. The Morgan fingerprint density at radius 2 is 1.59 bits per heavy atom. The average Bonchev–Trinajstić information content (AvgIpc) is 2.57. The first-order chi connectivity index (χ1) is 12.8. The molecule has 1 heterocycles. The molecule has 0 aliphatic heterocycles. The van der Waals surface area contributed by atoms with Gasteiger partial charge in [-0.1, -0.05) is 29.8 Å². The molecule has 0 saturated carbocycles. The van der Waals surface area contributed by atoms with Crippen LogP contribution in [-0.4, -0.2) is 18.4 Å². The Balaban J connectivity index is 1.81. The largest absolute Gasteiger partial charge is 0.421 e. The van der Waals surface area contributed by atoms with Crippen LogP contribution in [0.3, 0.4) is 0 Å². The van der Waals surface area contributed by atoms with Crippen molar-refractivity contribution >= 4 is 15.7 Å². The van der Waals surface area contributed by atoms with Crippen LogP contribution >= 0.6 is 0 Å². The zero-order valence-electron chi connectivity index (χ0n) is 15.0. The molecule has 3 rings (SSSR count). The van der Waals surface area contributed by atoms with E-state index < -0.39 is 15.8 Å². The Hall–Kier alpha value is -3.00. The summed E-state index contributed by atoms with van der Waals surface area (Å²) in [5.74, 6) is -0.562. The third kappa shape index (κ3) is 4.22. The highest BCUT2D eigenvalue weighted by atomic mass is 32.2. The van der Waals surface area contributed by atoms with Crippen molar-refractivity contribution in [1.82, 2.24) is 9.97 Å². The van der Waals surface area contributed by atoms with Gasteiger partial charge < -0.3 is 4.74 Å². The van der Waals surface area contributed by atoms with Gasteiger partial charge in [0.1, 0.15) is 0 Å². The van der Waals surface area contributed by atoms with E-state index in [0.717, 1.165) is 5.56 Å². The topological polar surface area (TPSA) is 81.2 Å². The van der Waals surface area contributed by atoms with Crippen molar-refractivity contribution in [2.24, 2.45) is 0 Å². The van der Waals surface area contributed by atoms with Gasteiger partial charge in [-0.15, -0.1) is 0 Å². The molecule has 0 aliphatic carbocycles. The minimum absolute atomic E-state index is 0.0169. The van der Waals surface area contributed by atoms with Crippen molar-refractivity contribution in [1.29, 1.82) is 0 Å². The SMILES string of the molecule is Cc1cc(C)c(S(=O)(=O)Nc2cnc(Oc3ccccc3F)nc2)c(C)c1. The van der Waals surface area contributed by atoms with E-state index in [1.807, 2.05) is 19.1 Å². The number of anilines is 1. The number of aromatic nitrogens is 2. The third-order valence-electron chi connectivity index (χ3n) is 3.79. The van der Waals surface area contributed by atoms with Crippen LogP contribution in [0.15, 0.2) is 53.7 Å². The average molecular weight is 387 g/mol. The number of nitrogens with zero attached hydrogens (tertiary/aromatic N) is 2. The number of aryl methyl sites for hydroxylation is 3. The molecular formula is C19H18FN3O3S. The molecule has 0 aliphatic rings. The van der Waals surface area contributed by atoms with E-state index in [2.05, 4.69) is 14.7 Å². The summed E-state index contributed by atoms with van der Waals surface area (Å²) in [7, 11) is -3.80. The van der Waals surface area contributed by atoms with Crippen molar-refractivity contribution in [2.45, 2.75) is 25.7 Å². The van der Waals surface area contributed by atoms with Crippen molar-refractivity contribution in [2.75, 3.05) is 4.72 Å². The maximum absolute atomic E-state index is 13.6. The molecule has 0 atom stereocenters. The van der Waals surface area contributed by atoms with E-state index in [-0.39, 0.29) is 22.3 Å². The van der Waals surface area contributed by atoms with E-state index in [4.69, 9.17) is 4.74 Å². The molecule has 0 bridgehead atoms. The Bertz CT molecular complexity index is 1060. The van der Waals surface area contributed by atoms with Gasteiger partial charge in [-0.25, -0.2) is 22.8 Å². The highest BCUT2D eigenvalue weighted by Gasteiger charge is 2.20. The summed E-state index contributed by atoms with van der Waals surface area (Å²) in [6.45, 7) is 5.40. The quantitative estimate of drug-likeness (QED) is 0.712. The van der Waals surface area contributed by atoms with Gasteiger partial charge in [0.25, 0.3) is 10.0 Å². The monoisotopic (exact) mass is 387 g/mol.